The van der Waals surface area contributed by atoms with E-state index in [1.54, 1.807) is 5.57 Å². The van der Waals surface area contributed by atoms with Gasteiger partial charge in [0, 0.05) is 0 Å². The Bertz CT molecular complexity index is 996. The molecule has 3 fully saturated rings. The van der Waals surface area contributed by atoms with Gasteiger partial charge in [-0.15, -0.1) is 0 Å². The molecule has 4 aliphatic rings. The molecule has 0 bridgehead atoms. The minimum Gasteiger partial charge on any atom is -0.377 e. The van der Waals surface area contributed by atoms with Gasteiger partial charge in [-0.2, -0.15) is 0 Å². The van der Waals surface area contributed by atoms with Crippen LogP contribution >= 0.6 is 7.82 Å². The van der Waals surface area contributed by atoms with E-state index in [-0.39, 0.29) is 25.9 Å². The smallest absolute Gasteiger partial charge is 0.377 e. The molecule has 0 aromatic carbocycles. The van der Waals surface area contributed by atoms with E-state index in [9.17, 15) is 9.46 Å². The van der Waals surface area contributed by atoms with Crippen molar-refractivity contribution in [3.8, 4) is 0 Å². The lowest BCUT2D eigenvalue weighted by Crippen LogP contribution is -2.51. The highest BCUT2D eigenvalue weighted by Gasteiger charge is 2.59. The van der Waals surface area contributed by atoms with Crippen LogP contribution in [0.4, 0.5) is 0 Å². The standard InChI is InChI=1S/C36H66NO6P/c1-27(2)10-9-11-28(3)32-14-15-33-31-13-12-29-26-30(16-18-35(29,4)34(31)17-19-36(32,33)5)41-24-22-40-23-25-43-44(38,39)42-21-20-37(6,7)8/h12,27-28,30-34H,9-11,13-26H2,1-8H3/p+1/t28-,30?,31+,32-,33+,34+,35+,36-/m1/s1. The zero-order valence-electron chi connectivity index (χ0n) is 29.5. The first kappa shape index (κ1) is 36.6. The molecule has 3 saturated carbocycles. The molecule has 0 spiro atoms. The Hall–Kier alpha value is -0.270. The van der Waals surface area contributed by atoms with Crippen molar-refractivity contribution in [3.05, 3.63) is 11.6 Å². The number of hydrogen-bond acceptors (Lipinski definition) is 5. The average Bonchev–Trinajstić information content (AvgIpc) is 3.28. The van der Waals surface area contributed by atoms with E-state index in [1.165, 1.54) is 57.8 Å². The first-order valence-corrected chi connectivity index (χ1v) is 19.5. The Morgan fingerprint density at radius 1 is 0.932 bits per heavy atom. The van der Waals surface area contributed by atoms with Gasteiger partial charge in [0.05, 0.1) is 53.7 Å². The molecule has 0 amide bonds. The molecule has 0 aromatic rings. The van der Waals surface area contributed by atoms with Gasteiger partial charge in [0.1, 0.15) is 13.2 Å². The van der Waals surface area contributed by atoms with Gasteiger partial charge in [0.15, 0.2) is 0 Å². The summed E-state index contributed by atoms with van der Waals surface area (Å²) in [4.78, 5) is 9.82. The van der Waals surface area contributed by atoms with Gasteiger partial charge in [0.25, 0.3) is 0 Å². The van der Waals surface area contributed by atoms with Crippen LogP contribution in [0, 0.1) is 46.3 Å². The van der Waals surface area contributed by atoms with E-state index in [0.717, 1.165) is 48.3 Å². The predicted octanol–water partition coefficient (Wildman–Crippen LogP) is 8.27. The van der Waals surface area contributed by atoms with Gasteiger partial charge in [-0.3, -0.25) is 9.05 Å². The lowest BCUT2D eigenvalue weighted by atomic mass is 9.47. The summed E-state index contributed by atoms with van der Waals surface area (Å²) in [6, 6.07) is 0. The highest BCUT2D eigenvalue weighted by atomic mass is 31.2. The first-order chi connectivity index (χ1) is 20.6. The van der Waals surface area contributed by atoms with Crippen molar-refractivity contribution in [2.75, 3.05) is 60.7 Å². The zero-order chi connectivity index (χ0) is 32.2. The fourth-order valence-corrected chi connectivity index (χ4v) is 10.5. The van der Waals surface area contributed by atoms with Gasteiger partial charge < -0.3 is 18.9 Å². The summed E-state index contributed by atoms with van der Waals surface area (Å²) >= 11 is 0. The third kappa shape index (κ3) is 9.20. The van der Waals surface area contributed by atoms with E-state index in [4.69, 9.17) is 18.5 Å². The van der Waals surface area contributed by atoms with E-state index in [0.29, 0.717) is 35.1 Å². The Morgan fingerprint density at radius 2 is 1.66 bits per heavy atom. The van der Waals surface area contributed by atoms with Crippen molar-refractivity contribution in [3.63, 3.8) is 0 Å². The molecule has 2 unspecified atom stereocenters. The minimum atomic E-state index is -4.04. The third-order valence-electron chi connectivity index (χ3n) is 12.3. The largest absolute Gasteiger partial charge is 0.472 e. The van der Waals surface area contributed by atoms with Crippen LogP contribution in [-0.2, 0) is 23.1 Å². The van der Waals surface area contributed by atoms with Gasteiger partial charge in [-0.1, -0.05) is 65.5 Å². The number of rotatable bonds is 17. The lowest BCUT2D eigenvalue weighted by molar-refractivity contribution is -0.870. The van der Waals surface area contributed by atoms with Crippen molar-refractivity contribution in [1.29, 1.82) is 0 Å². The molecule has 0 heterocycles. The number of allylic oxidation sites excluding steroid dienone is 1. The molecule has 4 rings (SSSR count). The molecule has 0 aliphatic heterocycles. The van der Waals surface area contributed by atoms with E-state index < -0.39 is 7.82 Å². The fourth-order valence-electron chi connectivity index (χ4n) is 9.85. The Morgan fingerprint density at radius 3 is 2.39 bits per heavy atom. The summed E-state index contributed by atoms with van der Waals surface area (Å²) in [5, 5.41) is 0. The second-order valence-electron chi connectivity index (χ2n) is 16.8. The van der Waals surface area contributed by atoms with Crippen LogP contribution in [0.15, 0.2) is 11.6 Å². The normalized spacial score (nSPS) is 35.9. The van der Waals surface area contributed by atoms with Crippen LogP contribution in [0.2, 0.25) is 0 Å². The summed E-state index contributed by atoms with van der Waals surface area (Å²) in [6.45, 7) is 14.6. The second kappa shape index (κ2) is 15.3. The van der Waals surface area contributed by atoms with Gasteiger partial charge in [-0.05, 0) is 97.7 Å². The molecular weight excluding hydrogens is 573 g/mol. The molecule has 1 N–H and O–H groups in total. The highest BCUT2D eigenvalue weighted by Crippen LogP contribution is 2.67. The first-order valence-electron chi connectivity index (χ1n) is 18.0. The van der Waals surface area contributed by atoms with Crippen LogP contribution in [0.1, 0.15) is 105 Å². The van der Waals surface area contributed by atoms with E-state index in [2.05, 4.69) is 40.7 Å². The molecule has 44 heavy (non-hydrogen) atoms. The summed E-state index contributed by atoms with van der Waals surface area (Å²) in [5.74, 6) is 5.20. The molecule has 256 valence electrons. The van der Waals surface area contributed by atoms with Crippen molar-refractivity contribution in [2.45, 2.75) is 111 Å². The monoisotopic (exact) mass is 640 g/mol. The maximum absolute atomic E-state index is 12.0. The number of quaternary nitrogens is 1. The van der Waals surface area contributed by atoms with Crippen molar-refractivity contribution in [2.24, 2.45) is 46.3 Å². The number of phosphoric ester groups is 1. The number of nitrogens with zero attached hydrogens (tertiary/aromatic N) is 1. The molecule has 8 heteroatoms. The Kier molecular flexibility index (Phi) is 12.7. The molecular formula is C36H67NO6P+. The highest BCUT2D eigenvalue weighted by molar-refractivity contribution is 7.47. The predicted molar refractivity (Wildman–Crippen MR) is 178 cm³/mol. The lowest BCUT2D eigenvalue weighted by Gasteiger charge is -2.58. The summed E-state index contributed by atoms with van der Waals surface area (Å²) in [5.41, 5.74) is 2.54. The fraction of sp³-hybridized carbons (Fsp3) is 0.944. The van der Waals surface area contributed by atoms with Crippen LogP contribution < -0.4 is 0 Å². The molecule has 4 aliphatic carbocycles. The molecule has 0 radical (unpaired) electrons. The van der Waals surface area contributed by atoms with Gasteiger partial charge in [0.2, 0.25) is 0 Å². The SMILES string of the molecule is CC(C)CCC[C@@H](C)[C@H]1CC[C@H]2[C@@H]3CC=C4CC(OCCOCCOP(=O)(O)OCC[N+](C)(C)C)CC[C@]4(C)[C@H]3CC[C@]12C. The number of fused-ring (bicyclic) bond motifs is 5. The number of ether oxygens (including phenoxy) is 2. The Labute approximate surface area is 270 Å². The molecule has 0 aromatic heterocycles. The third-order valence-corrected chi connectivity index (χ3v) is 13.4. The van der Waals surface area contributed by atoms with E-state index >= 15 is 0 Å². The van der Waals surface area contributed by atoms with E-state index in [1.807, 2.05) is 21.1 Å². The minimum absolute atomic E-state index is 0.0210. The zero-order valence-corrected chi connectivity index (χ0v) is 30.4. The Balaban J connectivity index is 1.18. The molecule has 7 nitrogen and oxygen atoms in total. The molecule has 9 atom stereocenters. The number of hydrogen-bond donors (Lipinski definition) is 1. The summed E-state index contributed by atoms with van der Waals surface area (Å²) in [6.07, 6.45) is 17.5. The van der Waals surface area contributed by atoms with Crippen molar-refractivity contribution < 1.29 is 32.5 Å². The van der Waals surface area contributed by atoms with Crippen LogP contribution in [-0.4, -0.2) is 76.2 Å². The van der Waals surface area contributed by atoms with Crippen molar-refractivity contribution in [1.82, 2.24) is 0 Å². The summed E-state index contributed by atoms with van der Waals surface area (Å²) in [7, 11) is 1.97. The number of likely N-dealkylation sites (N-methyl/N-ethyl adjacent to an activating group) is 1. The maximum atomic E-state index is 12.0. The summed E-state index contributed by atoms with van der Waals surface area (Å²) < 4.78 is 34.6. The topological polar surface area (TPSA) is 74.2 Å². The average molecular weight is 641 g/mol. The molecule has 0 saturated heterocycles. The van der Waals surface area contributed by atoms with Crippen LogP contribution in [0.5, 0.6) is 0 Å². The second-order valence-corrected chi connectivity index (χ2v) is 18.2. The number of phosphoric acid groups is 1. The quantitative estimate of drug-likeness (QED) is 0.0747. The van der Waals surface area contributed by atoms with Crippen LogP contribution in [0.3, 0.4) is 0 Å². The van der Waals surface area contributed by atoms with Gasteiger partial charge in [-0.25, -0.2) is 4.57 Å². The van der Waals surface area contributed by atoms with Gasteiger partial charge >= 0.3 is 7.82 Å². The van der Waals surface area contributed by atoms with Crippen LogP contribution in [0.25, 0.3) is 0 Å². The van der Waals surface area contributed by atoms with Crippen molar-refractivity contribution >= 4 is 7.82 Å². The maximum Gasteiger partial charge on any atom is 0.472 e.